The van der Waals surface area contributed by atoms with Crippen molar-refractivity contribution in [2.24, 2.45) is 0 Å². The van der Waals surface area contributed by atoms with E-state index in [1.807, 2.05) is 0 Å². The van der Waals surface area contributed by atoms with E-state index in [-0.39, 0.29) is 23.4 Å². The van der Waals surface area contributed by atoms with Crippen molar-refractivity contribution in [2.75, 3.05) is 11.5 Å². The average molecular weight is 465 g/mol. The van der Waals surface area contributed by atoms with Crippen LogP contribution in [0.4, 0.5) is 4.39 Å². The van der Waals surface area contributed by atoms with Crippen molar-refractivity contribution >= 4 is 20.9 Å². The molecule has 5 heterocycles. The molecule has 9 nitrogen and oxygen atoms in total. The second-order valence-corrected chi connectivity index (χ2v) is 10.1. The number of hydrogen-bond donors (Lipinski definition) is 0. The molecular weight excluding hydrogens is 449 g/mol. The summed E-state index contributed by atoms with van der Waals surface area (Å²) in [5, 5.41) is 5.28. The number of fused-ring (bicyclic) bond motifs is 1. The number of aryl methyl sites for hydroxylation is 1. The lowest BCUT2D eigenvalue weighted by molar-refractivity contribution is 0.474. The van der Waals surface area contributed by atoms with E-state index >= 15 is 0 Å². The lowest BCUT2D eigenvalue weighted by atomic mass is 10.0. The first-order valence-electron chi connectivity index (χ1n) is 10.1. The number of aromatic nitrogens is 5. The molecule has 5 aromatic rings. The van der Waals surface area contributed by atoms with E-state index < -0.39 is 9.84 Å². The van der Waals surface area contributed by atoms with Gasteiger partial charge in [0.15, 0.2) is 15.6 Å². The summed E-state index contributed by atoms with van der Waals surface area (Å²) in [6.45, 7) is 1.79. The van der Waals surface area contributed by atoms with Crippen LogP contribution < -0.4 is 0 Å². The number of rotatable bonds is 4. The van der Waals surface area contributed by atoms with Gasteiger partial charge >= 0.3 is 0 Å². The van der Waals surface area contributed by atoms with Crippen LogP contribution in [0.3, 0.4) is 0 Å². The molecule has 33 heavy (non-hydrogen) atoms. The highest BCUT2D eigenvalue weighted by Gasteiger charge is 2.36. The van der Waals surface area contributed by atoms with Crippen LogP contribution in [-0.2, 0) is 9.84 Å². The smallest absolute Gasteiger partial charge is 0.263 e. The van der Waals surface area contributed by atoms with Gasteiger partial charge in [-0.2, -0.15) is 5.10 Å². The summed E-state index contributed by atoms with van der Waals surface area (Å²) in [4.78, 5) is 12.9. The van der Waals surface area contributed by atoms with Gasteiger partial charge in [-0.15, -0.1) is 0 Å². The summed E-state index contributed by atoms with van der Waals surface area (Å²) in [6, 6.07) is 7.42. The number of furan rings is 1. The first-order chi connectivity index (χ1) is 15.9. The summed E-state index contributed by atoms with van der Waals surface area (Å²) in [6.07, 6.45) is 4.74. The van der Waals surface area contributed by atoms with Crippen molar-refractivity contribution < 1.29 is 21.6 Å². The lowest BCUT2D eigenvalue weighted by Crippen LogP contribution is -2.38. The van der Waals surface area contributed by atoms with E-state index in [0.29, 0.717) is 51.0 Å². The first kappa shape index (κ1) is 19.8. The molecule has 0 atom stereocenters. The summed E-state index contributed by atoms with van der Waals surface area (Å²) in [5.74, 6) is 1.05. The molecule has 0 N–H and O–H groups in total. The Morgan fingerprint density at radius 1 is 1.06 bits per heavy atom. The molecular formula is C22H16FN5O4S. The number of hydrogen-bond acceptors (Lipinski definition) is 8. The maximum atomic E-state index is 13.5. The van der Waals surface area contributed by atoms with Crippen LogP contribution in [-0.4, -0.2) is 44.7 Å². The highest BCUT2D eigenvalue weighted by atomic mass is 32.2. The minimum Gasteiger partial charge on any atom is -0.439 e. The third-order valence-corrected chi connectivity index (χ3v) is 7.32. The van der Waals surface area contributed by atoms with Crippen LogP contribution in [0.5, 0.6) is 0 Å². The van der Waals surface area contributed by atoms with Crippen LogP contribution in [0.1, 0.15) is 11.8 Å². The van der Waals surface area contributed by atoms with Crippen LogP contribution in [0, 0.1) is 12.7 Å². The molecule has 1 fully saturated rings. The average Bonchev–Trinajstić information content (AvgIpc) is 3.49. The van der Waals surface area contributed by atoms with Crippen molar-refractivity contribution in [1.29, 1.82) is 0 Å². The fourth-order valence-electron chi connectivity index (χ4n) is 3.91. The van der Waals surface area contributed by atoms with Crippen molar-refractivity contribution in [1.82, 2.24) is 24.7 Å². The molecule has 0 spiro atoms. The molecule has 1 saturated heterocycles. The van der Waals surface area contributed by atoms with Gasteiger partial charge in [-0.3, -0.25) is 4.68 Å². The third kappa shape index (κ3) is 3.41. The third-order valence-electron chi connectivity index (χ3n) is 5.53. The highest BCUT2D eigenvalue weighted by Crippen LogP contribution is 2.38. The molecule has 6 rings (SSSR count). The van der Waals surface area contributed by atoms with Gasteiger partial charge in [-0.05, 0) is 31.2 Å². The molecule has 0 bridgehead atoms. The predicted molar refractivity (Wildman–Crippen MR) is 116 cm³/mol. The number of sulfone groups is 1. The maximum absolute atomic E-state index is 13.5. The van der Waals surface area contributed by atoms with E-state index in [2.05, 4.69) is 20.1 Å². The molecule has 0 aliphatic carbocycles. The monoisotopic (exact) mass is 465 g/mol. The Morgan fingerprint density at radius 3 is 2.55 bits per heavy atom. The van der Waals surface area contributed by atoms with Crippen molar-refractivity contribution in [3.8, 4) is 34.2 Å². The molecule has 1 aliphatic heterocycles. The van der Waals surface area contributed by atoms with E-state index in [1.54, 1.807) is 42.2 Å². The first-order valence-corrected chi connectivity index (χ1v) is 11.9. The van der Waals surface area contributed by atoms with E-state index in [0.717, 1.165) is 0 Å². The summed E-state index contributed by atoms with van der Waals surface area (Å²) in [5.41, 5.74) is 2.76. The number of oxazole rings is 1. The van der Waals surface area contributed by atoms with Crippen LogP contribution in [0.15, 0.2) is 57.9 Å². The fraction of sp³-hybridized carbons (Fsp3) is 0.182. The van der Waals surface area contributed by atoms with Crippen LogP contribution >= 0.6 is 0 Å². The van der Waals surface area contributed by atoms with Crippen LogP contribution in [0.25, 0.3) is 45.3 Å². The second kappa shape index (κ2) is 7.07. The Balaban J connectivity index is 1.52. The van der Waals surface area contributed by atoms with E-state index in [1.165, 1.54) is 18.5 Å². The molecule has 4 aromatic heterocycles. The zero-order valence-corrected chi connectivity index (χ0v) is 18.1. The quantitative estimate of drug-likeness (QED) is 0.393. The Labute approximate surface area is 186 Å². The molecule has 166 valence electrons. The lowest BCUT2D eigenvalue weighted by Gasteiger charge is -2.25. The van der Waals surface area contributed by atoms with Gasteiger partial charge in [-0.25, -0.2) is 27.8 Å². The van der Waals surface area contributed by atoms with Gasteiger partial charge in [0, 0.05) is 23.4 Å². The standard InChI is InChI=1S/C22H16FN5O4S/c1-12-7-24-22(31-12)18-6-16-20(25-11-26-21(16)32-18)17-8-28(15-9-33(29,30)10-15)27-19(17)13-2-4-14(23)5-3-13/h2-8,11,15H,9-10H2,1H3. The SMILES string of the molecule is Cc1cnc(-c2cc3c(-c4cn(C5CS(=O)(=O)C5)nc4-c4ccc(F)cc4)ncnc3o2)o1. The Kier molecular flexibility index (Phi) is 4.24. The Bertz CT molecular complexity index is 1610. The Hall–Kier alpha value is -3.86. The maximum Gasteiger partial charge on any atom is 0.263 e. The molecule has 0 radical (unpaired) electrons. The topological polar surface area (TPSA) is 117 Å². The van der Waals surface area contributed by atoms with Gasteiger partial charge in [0.2, 0.25) is 5.71 Å². The molecule has 1 aliphatic rings. The number of nitrogens with zero attached hydrogens (tertiary/aromatic N) is 5. The van der Waals surface area contributed by atoms with Crippen molar-refractivity contribution in [3.63, 3.8) is 0 Å². The van der Waals surface area contributed by atoms with Gasteiger partial charge < -0.3 is 8.83 Å². The number of benzene rings is 1. The summed E-state index contributed by atoms with van der Waals surface area (Å²) < 4.78 is 50.0. The van der Waals surface area contributed by atoms with Gasteiger partial charge in [0.05, 0.1) is 34.8 Å². The molecule has 0 unspecified atom stereocenters. The largest absolute Gasteiger partial charge is 0.439 e. The minimum atomic E-state index is -3.05. The summed E-state index contributed by atoms with van der Waals surface area (Å²) >= 11 is 0. The zero-order chi connectivity index (χ0) is 22.7. The molecule has 11 heteroatoms. The van der Waals surface area contributed by atoms with Gasteiger partial charge in [0.25, 0.3) is 5.89 Å². The zero-order valence-electron chi connectivity index (χ0n) is 17.3. The number of halogens is 1. The molecule has 1 aromatic carbocycles. The molecule has 0 saturated carbocycles. The van der Waals surface area contributed by atoms with Crippen molar-refractivity contribution in [3.05, 3.63) is 60.6 Å². The van der Waals surface area contributed by atoms with E-state index in [9.17, 15) is 12.8 Å². The predicted octanol–water partition coefficient (Wildman–Crippen LogP) is 3.83. The van der Waals surface area contributed by atoms with Gasteiger partial charge in [0.1, 0.15) is 23.6 Å². The van der Waals surface area contributed by atoms with Crippen molar-refractivity contribution in [2.45, 2.75) is 13.0 Å². The Morgan fingerprint density at radius 2 is 1.85 bits per heavy atom. The normalized spacial score (nSPS) is 15.7. The van der Waals surface area contributed by atoms with Crippen LogP contribution in [0.2, 0.25) is 0 Å². The minimum absolute atomic E-state index is 0.0233. The second-order valence-electron chi connectivity index (χ2n) is 7.94. The summed E-state index contributed by atoms with van der Waals surface area (Å²) in [7, 11) is -3.05. The molecule has 0 amide bonds. The van der Waals surface area contributed by atoms with Gasteiger partial charge in [-0.1, -0.05) is 0 Å². The van der Waals surface area contributed by atoms with E-state index in [4.69, 9.17) is 8.83 Å². The highest BCUT2D eigenvalue weighted by molar-refractivity contribution is 7.92. The fourth-order valence-corrected chi connectivity index (χ4v) is 5.29.